The van der Waals surface area contributed by atoms with Gasteiger partial charge in [0.05, 0.1) is 6.10 Å². The largest absolute Gasteiger partial charge is 0.454 e. The van der Waals surface area contributed by atoms with Gasteiger partial charge in [0.1, 0.15) is 23.5 Å². The zero-order chi connectivity index (χ0) is 21.1. The first-order valence-electron chi connectivity index (χ1n) is 9.13. The lowest BCUT2D eigenvalue weighted by atomic mass is 10.1. The molecule has 1 atom stereocenters. The van der Waals surface area contributed by atoms with Crippen molar-refractivity contribution in [1.82, 2.24) is 15.3 Å². The fourth-order valence-corrected chi connectivity index (χ4v) is 2.84. The Morgan fingerprint density at radius 3 is 2.90 bits per heavy atom. The molecule has 1 aliphatic heterocycles. The number of hydrogen-bond acceptors (Lipinski definition) is 7. The first-order valence-corrected chi connectivity index (χ1v) is 9.13. The van der Waals surface area contributed by atoms with Gasteiger partial charge in [-0.3, -0.25) is 4.79 Å². The number of ether oxygens (including phenoxy) is 3. The smallest absolute Gasteiger partial charge is 0.258 e. The van der Waals surface area contributed by atoms with Crippen molar-refractivity contribution in [3.8, 4) is 23.1 Å². The number of aliphatic hydroxyl groups excluding tert-OH is 1. The summed E-state index contributed by atoms with van der Waals surface area (Å²) in [5.74, 6) is 0.550. The lowest BCUT2D eigenvalue weighted by Gasteiger charge is -2.11. The van der Waals surface area contributed by atoms with Crippen molar-refractivity contribution in [3.63, 3.8) is 0 Å². The second kappa shape index (κ2) is 8.34. The number of carbonyl (C=O) groups is 1. The van der Waals surface area contributed by atoms with E-state index >= 15 is 0 Å². The van der Waals surface area contributed by atoms with Crippen LogP contribution in [0.4, 0.5) is 4.39 Å². The molecule has 0 spiro atoms. The van der Waals surface area contributed by atoms with Crippen LogP contribution < -0.4 is 19.5 Å². The van der Waals surface area contributed by atoms with E-state index in [0.29, 0.717) is 22.8 Å². The molecule has 4 rings (SSSR count). The van der Waals surface area contributed by atoms with E-state index in [1.54, 1.807) is 31.2 Å². The van der Waals surface area contributed by atoms with Crippen LogP contribution >= 0.6 is 0 Å². The van der Waals surface area contributed by atoms with E-state index in [2.05, 4.69) is 15.3 Å². The number of nitrogens with one attached hydrogen (secondary N) is 1. The minimum atomic E-state index is -0.777. The molecular formula is C21H18FN3O5. The molecule has 9 heteroatoms. The highest BCUT2D eigenvalue weighted by Crippen LogP contribution is 2.36. The Labute approximate surface area is 171 Å². The van der Waals surface area contributed by atoms with Gasteiger partial charge >= 0.3 is 0 Å². The van der Waals surface area contributed by atoms with Gasteiger partial charge in [-0.05, 0) is 30.7 Å². The van der Waals surface area contributed by atoms with Gasteiger partial charge < -0.3 is 24.6 Å². The molecule has 2 heterocycles. The summed E-state index contributed by atoms with van der Waals surface area (Å²) in [7, 11) is 0. The van der Waals surface area contributed by atoms with Crippen LogP contribution in [-0.4, -0.2) is 27.8 Å². The minimum Gasteiger partial charge on any atom is -0.454 e. The van der Waals surface area contributed by atoms with Gasteiger partial charge in [0, 0.05) is 24.4 Å². The molecule has 0 aliphatic carbocycles. The molecule has 1 amide bonds. The normalized spacial score (nSPS) is 13.0. The molecule has 154 valence electrons. The van der Waals surface area contributed by atoms with E-state index in [1.807, 2.05) is 0 Å². The molecule has 1 unspecified atom stereocenters. The summed E-state index contributed by atoms with van der Waals surface area (Å²) in [6, 6.07) is 9.35. The molecule has 0 fully saturated rings. The maximum absolute atomic E-state index is 14.2. The first-order chi connectivity index (χ1) is 14.5. The third-order valence-electron chi connectivity index (χ3n) is 4.48. The quantitative estimate of drug-likeness (QED) is 0.642. The van der Waals surface area contributed by atoms with Crippen molar-refractivity contribution in [2.24, 2.45) is 0 Å². The fraction of sp³-hybridized carbons (Fsp3) is 0.190. The highest BCUT2D eigenvalue weighted by Gasteiger charge is 2.18. The molecule has 0 radical (unpaired) electrons. The first kappa shape index (κ1) is 19.6. The average molecular weight is 411 g/mol. The number of hydrogen-bond donors (Lipinski definition) is 2. The Bertz CT molecular complexity index is 1090. The summed E-state index contributed by atoms with van der Waals surface area (Å²) in [5.41, 5.74) is 0.831. The zero-order valence-electron chi connectivity index (χ0n) is 16.0. The van der Waals surface area contributed by atoms with Gasteiger partial charge in [-0.15, -0.1) is 0 Å². The fourth-order valence-electron chi connectivity index (χ4n) is 2.84. The number of amides is 1. The molecular weight excluding hydrogens is 393 g/mol. The number of rotatable bonds is 6. The Hall–Kier alpha value is -3.72. The van der Waals surface area contributed by atoms with Crippen LogP contribution in [0, 0.1) is 5.82 Å². The predicted octanol–water partition coefficient (Wildman–Crippen LogP) is 3.12. The molecule has 30 heavy (non-hydrogen) atoms. The van der Waals surface area contributed by atoms with Crippen molar-refractivity contribution < 1.29 is 28.5 Å². The van der Waals surface area contributed by atoms with Gasteiger partial charge in [-0.25, -0.2) is 14.4 Å². The third-order valence-corrected chi connectivity index (χ3v) is 4.48. The maximum atomic E-state index is 14.2. The standard InChI is InChI=1S/C21H18FN3O5/c1-12(26)13-2-3-14(17(22)6-13)8-24-20(27)16-9-23-10-25-21(16)30-15-4-5-18-19(7-15)29-11-28-18/h2-7,9-10,12,26H,8,11H2,1H3,(H,24,27). The van der Waals surface area contributed by atoms with Crippen molar-refractivity contribution >= 4 is 5.91 Å². The summed E-state index contributed by atoms with van der Waals surface area (Å²) in [4.78, 5) is 20.5. The monoisotopic (exact) mass is 411 g/mol. The molecule has 0 saturated heterocycles. The van der Waals surface area contributed by atoms with E-state index in [-0.39, 0.29) is 30.3 Å². The SMILES string of the molecule is CC(O)c1ccc(CNC(=O)c2cncnc2Oc2ccc3c(c2)OCO3)c(F)c1. The summed E-state index contributed by atoms with van der Waals surface area (Å²) in [6.07, 6.45) is 1.80. The number of benzene rings is 2. The maximum Gasteiger partial charge on any atom is 0.258 e. The number of nitrogens with zero attached hydrogens (tertiary/aromatic N) is 2. The second-order valence-corrected chi connectivity index (χ2v) is 6.57. The molecule has 3 aromatic rings. The van der Waals surface area contributed by atoms with Crippen molar-refractivity contribution in [2.75, 3.05) is 6.79 Å². The van der Waals surface area contributed by atoms with Crippen LogP contribution in [-0.2, 0) is 6.54 Å². The second-order valence-electron chi connectivity index (χ2n) is 6.57. The van der Waals surface area contributed by atoms with Gasteiger partial charge in [0.25, 0.3) is 5.91 Å². The minimum absolute atomic E-state index is 0.0475. The molecule has 8 nitrogen and oxygen atoms in total. The molecule has 1 aliphatic rings. The highest BCUT2D eigenvalue weighted by atomic mass is 19.1. The zero-order valence-corrected chi connectivity index (χ0v) is 16.0. The molecule has 0 bridgehead atoms. The summed E-state index contributed by atoms with van der Waals surface area (Å²) in [5, 5.41) is 12.2. The lowest BCUT2D eigenvalue weighted by molar-refractivity contribution is 0.0947. The van der Waals surface area contributed by atoms with Gasteiger partial charge in [0.15, 0.2) is 11.5 Å². The average Bonchev–Trinajstić information content (AvgIpc) is 3.21. The van der Waals surface area contributed by atoms with E-state index in [0.717, 1.165) is 0 Å². The highest BCUT2D eigenvalue weighted by molar-refractivity contribution is 5.96. The topological polar surface area (TPSA) is 103 Å². The van der Waals surface area contributed by atoms with Gasteiger partial charge in [0.2, 0.25) is 12.7 Å². The number of fused-ring (bicyclic) bond motifs is 1. The third kappa shape index (κ3) is 4.15. The van der Waals surface area contributed by atoms with E-state index in [1.165, 1.54) is 24.7 Å². The van der Waals surface area contributed by atoms with Crippen LogP contribution in [0.25, 0.3) is 0 Å². The predicted molar refractivity (Wildman–Crippen MR) is 103 cm³/mol. The summed E-state index contributed by atoms with van der Waals surface area (Å²) < 4.78 is 30.5. The van der Waals surface area contributed by atoms with Crippen molar-refractivity contribution in [2.45, 2.75) is 19.6 Å². The Balaban J connectivity index is 1.47. The number of carbonyl (C=O) groups excluding carboxylic acids is 1. The van der Waals surface area contributed by atoms with E-state index < -0.39 is 17.8 Å². The van der Waals surface area contributed by atoms with E-state index in [9.17, 15) is 14.3 Å². The lowest BCUT2D eigenvalue weighted by Crippen LogP contribution is -2.24. The Morgan fingerprint density at radius 1 is 1.27 bits per heavy atom. The van der Waals surface area contributed by atoms with Crippen LogP contribution in [0.15, 0.2) is 48.9 Å². The molecule has 0 saturated carbocycles. The number of aliphatic hydroxyl groups is 1. The Kier molecular flexibility index (Phi) is 5.44. The number of halogens is 1. The van der Waals surface area contributed by atoms with Gasteiger partial charge in [-0.1, -0.05) is 12.1 Å². The number of aromatic nitrogens is 2. The summed E-state index contributed by atoms with van der Waals surface area (Å²) in [6.45, 7) is 1.63. The molecule has 2 N–H and O–H groups in total. The van der Waals surface area contributed by atoms with Crippen molar-refractivity contribution in [1.29, 1.82) is 0 Å². The Morgan fingerprint density at radius 2 is 2.10 bits per heavy atom. The van der Waals surface area contributed by atoms with Crippen molar-refractivity contribution in [3.05, 3.63) is 71.4 Å². The van der Waals surface area contributed by atoms with Gasteiger partial charge in [-0.2, -0.15) is 0 Å². The molecule has 1 aromatic heterocycles. The van der Waals surface area contributed by atoms with Crippen LogP contribution in [0.2, 0.25) is 0 Å². The molecule has 2 aromatic carbocycles. The van der Waals surface area contributed by atoms with Crippen LogP contribution in [0.1, 0.15) is 34.5 Å². The summed E-state index contributed by atoms with van der Waals surface area (Å²) >= 11 is 0. The van der Waals surface area contributed by atoms with Crippen LogP contribution in [0.5, 0.6) is 23.1 Å². The van der Waals surface area contributed by atoms with Crippen LogP contribution in [0.3, 0.4) is 0 Å². The van der Waals surface area contributed by atoms with E-state index in [4.69, 9.17) is 14.2 Å².